The molecular weight excluding hydrogens is 517 g/mol. The number of phosphoric acid groups is 1. The van der Waals surface area contributed by atoms with Gasteiger partial charge in [-0.1, -0.05) is 12.1 Å². The summed E-state index contributed by atoms with van der Waals surface area (Å²) in [7, 11) is -7.41. The number of nitrogens with zero attached hydrogens (tertiary/aromatic N) is 4. The number of anilines is 1. The van der Waals surface area contributed by atoms with Gasteiger partial charge in [0.15, 0.2) is 27.5 Å². The van der Waals surface area contributed by atoms with Crippen molar-refractivity contribution in [3.63, 3.8) is 0 Å². The normalized spacial score (nSPS) is 31.1. The van der Waals surface area contributed by atoms with Gasteiger partial charge in [-0.25, -0.2) is 27.9 Å². The second kappa shape index (κ2) is 9.43. The zero-order valence-electron chi connectivity index (χ0n) is 18.9. The van der Waals surface area contributed by atoms with Crippen molar-refractivity contribution in [3.05, 3.63) is 42.5 Å². The molecule has 0 radical (unpaired) electrons. The molecule has 5 rings (SSSR count). The van der Waals surface area contributed by atoms with Crippen LogP contribution in [0.2, 0.25) is 0 Å². The fourth-order valence-electron chi connectivity index (χ4n) is 4.05. The molecule has 0 spiro atoms. The molecular formula is C20H24N5O9PS. The van der Waals surface area contributed by atoms with Crippen molar-refractivity contribution in [3.8, 4) is 0 Å². The van der Waals surface area contributed by atoms with Crippen LogP contribution >= 0.6 is 7.82 Å². The third-order valence-electron chi connectivity index (χ3n) is 5.96. The van der Waals surface area contributed by atoms with E-state index < -0.39 is 54.9 Å². The summed E-state index contributed by atoms with van der Waals surface area (Å²) in [6.45, 7) is -0.341. The lowest BCUT2D eigenvalue weighted by Crippen LogP contribution is -2.34. The van der Waals surface area contributed by atoms with Gasteiger partial charge < -0.3 is 20.7 Å². The fourth-order valence-corrected chi connectivity index (χ4v) is 6.08. The van der Waals surface area contributed by atoms with E-state index in [1.54, 1.807) is 12.1 Å². The van der Waals surface area contributed by atoms with Crippen LogP contribution in [0, 0.1) is 0 Å². The predicted octanol–water partition coefficient (Wildman–Crippen LogP) is 0.734. The minimum absolute atomic E-state index is 0.0667. The molecule has 6 atom stereocenters. The Morgan fingerprint density at radius 3 is 2.67 bits per heavy atom. The van der Waals surface area contributed by atoms with E-state index in [1.165, 1.54) is 29.4 Å². The number of hydrogen-bond donors (Lipinski definition) is 3. The number of phosphoric ester groups is 1. The number of rotatable bonds is 6. The minimum atomic E-state index is -4.05. The number of aliphatic hydroxyl groups excluding tert-OH is 2. The number of nitrogens with two attached hydrogens (primary N) is 1. The number of benzene rings is 1. The summed E-state index contributed by atoms with van der Waals surface area (Å²) in [5.74, 6) is 0.150. The van der Waals surface area contributed by atoms with Gasteiger partial charge >= 0.3 is 7.82 Å². The van der Waals surface area contributed by atoms with E-state index in [1.807, 2.05) is 0 Å². The molecule has 0 amide bonds. The Morgan fingerprint density at radius 2 is 1.94 bits per heavy atom. The third-order valence-corrected chi connectivity index (χ3v) is 8.57. The summed E-state index contributed by atoms with van der Waals surface area (Å²) in [5, 5.41) is 21.1. The van der Waals surface area contributed by atoms with E-state index in [4.69, 9.17) is 24.0 Å². The van der Waals surface area contributed by atoms with Crippen LogP contribution in [0.15, 0.2) is 41.8 Å². The molecule has 2 aromatic heterocycles. The molecule has 2 aliphatic rings. The Hall–Kier alpha value is -2.49. The van der Waals surface area contributed by atoms with Crippen LogP contribution in [0.3, 0.4) is 0 Å². The van der Waals surface area contributed by atoms with Crippen LogP contribution in [0.25, 0.3) is 11.2 Å². The van der Waals surface area contributed by atoms with Crippen LogP contribution < -0.4 is 5.73 Å². The number of aromatic nitrogens is 4. The van der Waals surface area contributed by atoms with E-state index in [9.17, 15) is 23.2 Å². The van der Waals surface area contributed by atoms with Crippen molar-refractivity contribution in [1.82, 2.24) is 19.5 Å². The van der Waals surface area contributed by atoms with Crippen LogP contribution in [-0.2, 0) is 32.7 Å². The molecule has 3 aromatic rings. The standard InChI is InChI=1S/C20H24N5O9PS/c1-36(29,30)12-4-2-11(3-5-12)13-6-7-31-35(28,34-13)32-8-14-16(26)17(27)20(33-14)25-10-24-15-18(21)22-9-23-19(15)25/h2-5,9-10,13-14,16-17,20,26-27H,6-8H2,1H3,(H2,21,22,23)/t13-,14+,16+,17+,20+,35?/m0/s1. The summed E-state index contributed by atoms with van der Waals surface area (Å²) in [5.41, 5.74) is 7.02. The van der Waals surface area contributed by atoms with Crippen molar-refractivity contribution < 1.29 is 41.5 Å². The summed E-state index contributed by atoms with van der Waals surface area (Å²) >= 11 is 0. The van der Waals surface area contributed by atoms with Gasteiger partial charge in [-0.05, 0) is 17.7 Å². The molecule has 2 aliphatic heterocycles. The van der Waals surface area contributed by atoms with E-state index in [2.05, 4.69) is 15.0 Å². The van der Waals surface area contributed by atoms with Crippen LogP contribution in [0.5, 0.6) is 0 Å². The predicted molar refractivity (Wildman–Crippen MR) is 123 cm³/mol. The highest BCUT2D eigenvalue weighted by atomic mass is 32.2. The number of fused-ring (bicyclic) bond motifs is 1. The Labute approximate surface area is 205 Å². The van der Waals surface area contributed by atoms with Gasteiger partial charge in [-0.3, -0.25) is 18.1 Å². The van der Waals surface area contributed by atoms with Crippen LogP contribution in [0.1, 0.15) is 24.3 Å². The minimum Gasteiger partial charge on any atom is -0.387 e. The Balaban J connectivity index is 1.26. The van der Waals surface area contributed by atoms with Gasteiger partial charge in [0.25, 0.3) is 0 Å². The first kappa shape index (κ1) is 25.2. The lowest BCUT2D eigenvalue weighted by atomic mass is 10.1. The molecule has 16 heteroatoms. The SMILES string of the molecule is CS(=O)(=O)c1ccc([C@@H]2CCOP(=O)(OC[C@H]3O[C@@H](n4cnc5c(N)ncnc54)[C@H](O)[C@@H]3O)O2)cc1. The van der Waals surface area contributed by atoms with Gasteiger partial charge in [0, 0.05) is 12.7 Å². The largest absolute Gasteiger partial charge is 0.475 e. The molecule has 1 aromatic carbocycles. The Kier molecular flexibility index (Phi) is 6.59. The fraction of sp³-hybridized carbons (Fsp3) is 0.450. The van der Waals surface area contributed by atoms with Crippen molar-refractivity contribution in [1.29, 1.82) is 0 Å². The van der Waals surface area contributed by atoms with Gasteiger partial charge in [0.2, 0.25) is 0 Å². The average Bonchev–Trinajstić information content (AvgIpc) is 3.39. The molecule has 4 N–H and O–H groups in total. The van der Waals surface area contributed by atoms with E-state index in [0.717, 1.165) is 6.26 Å². The number of ether oxygens (including phenoxy) is 1. The Morgan fingerprint density at radius 1 is 1.19 bits per heavy atom. The zero-order valence-corrected chi connectivity index (χ0v) is 20.7. The average molecular weight is 541 g/mol. The first-order chi connectivity index (χ1) is 17.1. The van der Waals surface area contributed by atoms with E-state index in [0.29, 0.717) is 23.1 Å². The lowest BCUT2D eigenvalue weighted by molar-refractivity contribution is -0.0578. The topological polar surface area (TPSA) is 198 Å². The van der Waals surface area contributed by atoms with Gasteiger partial charge in [0.1, 0.15) is 30.2 Å². The summed E-state index contributed by atoms with van der Waals surface area (Å²) < 4.78 is 59.9. The molecule has 4 heterocycles. The zero-order chi connectivity index (χ0) is 25.7. The number of hydrogen-bond acceptors (Lipinski definition) is 13. The molecule has 14 nitrogen and oxygen atoms in total. The van der Waals surface area contributed by atoms with Crippen molar-refractivity contribution in [2.45, 2.75) is 42.0 Å². The highest BCUT2D eigenvalue weighted by Crippen LogP contribution is 2.57. The maximum Gasteiger partial charge on any atom is 0.475 e. The summed E-state index contributed by atoms with van der Waals surface area (Å²) in [6.07, 6.45) is -1.49. The second-order valence-electron chi connectivity index (χ2n) is 8.43. The lowest BCUT2D eigenvalue weighted by Gasteiger charge is -2.29. The summed E-state index contributed by atoms with van der Waals surface area (Å²) in [4.78, 5) is 12.2. The number of aliphatic hydroxyl groups is 2. The van der Waals surface area contributed by atoms with Crippen LogP contribution in [-0.4, -0.2) is 75.9 Å². The molecule has 36 heavy (non-hydrogen) atoms. The summed E-state index contributed by atoms with van der Waals surface area (Å²) in [6, 6.07) is 6.04. The van der Waals surface area contributed by atoms with Gasteiger partial charge in [0.05, 0.1) is 30.5 Å². The first-order valence-electron chi connectivity index (χ1n) is 10.9. The van der Waals surface area contributed by atoms with Crippen molar-refractivity contribution in [2.24, 2.45) is 0 Å². The van der Waals surface area contributed by atoms with Crippen molar-refractivity contribution in [2.75, 3.05) is 25.2 Å². The smallest absolute Gasteiger partial charge is 0.387 e. The maximum atomic E-state index is 13.1. The van der Waals surface area contributed by atoms with E-state index in [-0.39, 0.29) is 17.3 Å². The Bertz CT molecular complexity index is 1420. The first-order valence-corrected chi connectivity index (χ1v) is 14.2. The maximum absolute atomic E-state index is 13.1. The molecule has 194 valence electrons. The van der Waals surface area contributed by atoms with E-state index >= 15 is 0 Å². The molecule has 0 aliphatic carbocycles. The molecule has 0 saturated carbocycles. The number of sulfone groups is 1. The van der Waals surface area contributed by atoms with Crippen LogP contribution in [0.4, 0.5) is 5.82 Å². The molecule has 1 unspecified atom stereocenters. The number of imidazole rings is 1. The van der Waals surface area contributed by atoms with Gasteiger partial charge in [-0.2, -0.15) is 0 Å². The third kappa shape index (κ3) is 4.76. The van der Waals surface area contributed by atoms with Crippen molar-refractivity contribution >= 4 is 34.6 Å². The second-order valence-corrected chi connectivity index (χ2v) is 12.1. The molecule has 2 fully saturated rings. The highest BCUT2D eigenvalue weighted by molar-refractivity contribution is 7.90. The monoisotopic (exact) mass is 541 g/mol. The quantitative estimate of drug-likeness (QED) is 0.370. The van der Waals surface area contributed by atoms with Gasteiger partial charge in [-0.15, -0.1) is 0 Å². The molecule has 0 bridgehead atoms. The number of nitrogen functional groups attached to an aromatic ring is 1. The highest BCUT2D eigenvalue weighted by Gasteiger charge is 2.46. The molecule has 2 saturated heterocycles.